The second-order valence-electron chi connectivity index (χ2n) is 5.32. The monoisotopic (exact) mass is 474 g/mol. The topological polar surface area (TPSA) is 159 Å². The molecule has 14 heteroatoms. The van der Waals surface area contributed by atoms with E-state index in [0.717, 1.165) is 18.2 Å². The number of azo groups is 1. The van der Waals surface area contributed by atoms with E-state index >= 15 is 0 Å². The maximum atomic E-state index is 11.3. The van der Waals surface area contributed by atoms with Crippen molar-refractivity contribution in [3.05, 3.63) is 54.6 Å². The third kappa shape index (κ3) is 7.07. The van der Waals surface area contributed by atoms with Gasteiger partial charge in [-0.05, 0) is 34.2 Å². The summed E-state index contributed by atoms with van der Waals surface area (Å²) in [6, 6.07) is 12.0. The average Bonchev–Trinajstić information content (AvgIpc) is 2.59. The Kier molecular flexibility index (Phi) is 11.9. The van der Waals surface area contributed by atoms with Gasteiger partial charge in [0, 0.05) is 5.39 Å². The largest absolute Gasteiger partial charge is 1.00 e. The molecule has 0 radical (unpaired) electrons. The third-order valence-corrected chi connectivity index (χ3v) is 5.26. The van der Waals surface area contributed by atoms with E-state index in [0.29, 0.717) is 0 Å². The number of benzene rings is 3. The Morgan fingerprint density at radius 3 is 2.13 bits per heavy atom. The van der Waals surface area contributed by atoms with Crippen LogP contribution in [0.1, 0.15) is 0 Å². The molecule has 0 fully saturated rings. The van der Waals surface area contributed by atoms with Crippen LogP contribution in [0.4, 0.5) is 11.4 Å². The van der Waals surface area contributed by atoms with Gasteiger partial charge in [-0.3, -0.25) is 8.42 Å². The summed E-state index contributed by atoms with van der Waals surface area (Å²) in [6.07, 6.45) is 0. The van der Waals surface area contributed by atoms with E-state index in [1.54, 1.807) is 0 Å². The molecule has 0 saturated heterocycles. The zero-order valence-corrected chi connectivity index (χ0v) is 23.9. The van der Waals surface area contributed by atoms with Gasteiger partial charge >= 0.3 is 88.7 Å². The van der Waals surface area contributed by atoms with Crippen molar-refractivity contribution in [3.63, 3.8) is 0 Å². The molecular weight excluding hydrogens is 465 g/mol. The minimum atomic E-state index is -4.81. The molecule has 0 saturated carbocycles. The van der Waals surface area contributed by atoms with Crippen LogP contribution in [0.5, 0.6) is 5.75 Å². The van der Waals surface area contributed by atoms with Gasteiger partial charge in [0.2, 0.25) is 0 Å². The van der Waals surface area contributed by atoms with Crippen molar-refractivity contribution >= 4 is 42.4 Å². The first kappa shape index (κ1) is 30.1. The number of aromatic hydroxyl groups is 1. The first-order chi connectivity index (χ1) is 12.6. The number of hydrogen-bond acceptors (Lipinski definition) is 9. The second-order valence-corrected chi connectivity index (χ2v) is 8.05. The van der Waals surface area contributed by atoms with Crippen molar-refractivity contribution in [2.45, 2.75) is 9.79 Å². The van der Waals surface area contributed by atoms with E-state index in [9.17, 15) is 31.0 Å². The molecule has 0 aliphatic carbocycles. The quantitative estimate of drug-likeness (QED) is 0.170. The molecule has 3 rings (SSSR count). The van der Waals surface area contributed by atoms with Gasteiger partial charge in [0.1, 0.15) is 21.6 Å². The van der Waals surface area contributed by atoms with Crippen molar-refractivity contribution in [1.29, 1.82) is 0 Å². The summed E-state index contributed by atoms with van der Waals surface area (Å²) in [5.74, 6) is -0.321. The van der Waals surface area contributed by atoms with Crippen LogP contribution < -0.4 is 88.7 Å². The molecule has 9 nitrogen and oxygen atoms in total. The van der Waals surface area contributed by atoms with E-state index in [2.05, 4.69) is 16.3 Å². The fraction of sp³-hybridized carbons (Fsp3) is 0. The molecule has 0 aliphatic heterocycles. The Morgan fingerprint density at radius 1 is 0.867 bits per heavy atom. The van der Waals surface area contributed by atoms with Gasteiger partial charge in [-0.2, -0.15) is 23.3 Å². The fourth-order valence-electron chi connectivity index (χ4n) is 2.33. The summed E-state index contributed by atoms with van der Waals surface area (Å²) in [4.78, 5) is -1.09. The Balaban J connectivity index is 0.00000280. The van der Waals surface area contributed by atoms with Crippen LogP contribution in [0.2, 0.25) is 0 Å². The first-order valence-electron chi connectivity index (χ1n) is 7.17. The van der Waals surface area contributed by atoms with E-state index in [4.69, 9.17) is 0 Å². The molecular formula is C16H9N2Na3O7S2. The molecule has 0 heterocycles. The van der Waals surface area contributed by atoms with Gasteiger partial charge in [-0.15, -0.1) is 11.2 Å². The van der Waals surface area contributed by atoms with E-state index in [1.165, 1.54) is 30.3 Å². The number of hydrogen-bond donors (Lipinski definition) is 1. The van der Waals surface area contributed by atoms with Crippen molar-refractivity contribution < 1.29 is 120 Å². The SMILES string of the molecule is O=S(=O)([O-])c1ccc2c(N=Nc3cc[c-]cc3S(=O)(=O)[O-])c(O)ccc2c1.[Na+].[Na+].[Na+]. The molecule has 3 aromatic rings. The molecule has 140 valence electrons. The molecule has 0 amide bonds. The molecule has 0 unspecified atom stereocenters. The Labute approximate surface area is 239 Å². The number of phenols is 1. The Morgan fingerprint density at radius 2 is 1.53 bits per heavy atom. The van der Waals surface area contributed by atoms with Crippen LogP contribution in [0.3, 0.4) is 0 Å². The van der Waals surface area contributed by atoms with Crippen LogP contribution in [0.25, 0.3) is 10.8 Å². The van der Waals surface area contributed by atoms with Crippen molar-refractivity contribution in [3.8, 4) is 5.75 Å². The van der Waals surface area contributed by atoms with Crippen LogP contribution in [-0.2, 0) is 20.2 Å². The van der Waals surface area contributed by atoms with Crippen molar-refractivity contribution in [2.75, 3.05) is 0 Å². The zero-order valence-electron chi connectivity index (χ0n) is 16.2. The number of nitrogens with zero attached hydrogens (tertiary/aromatic N) is 2. The molecule has 0 bridgehead atoms. The standard InChI is InChI=1S/C16H11N2O7S2.3Na/c19-14-8-5-10-9-11(26(20,21)22)6-7-12(10)16(14)18-17-13-3-1-2-4-15(13)27(23,24)25;;;/h1,3-9,19H,(H,20,21,22)(H,23,24,25);;;/q-1;3*+1/p-2. The van der Waals surface area contributed by atoms with Crippen LogP contribution in [0.15, 0.2) is 68.6 Å². The van der Waals surface area contributed by atoms with Crippen molar-refractivity contribution in [2.24, 2.45) is 10.2 Å². The summed E-state index contributed by atoms with van der Waals surface area (Å²) < 4.78 is 67.2. The molecule has 0 aliphatic rings. The Hall–Kier alpha value is 0.140. The normalized spacial score (nSPS) is 11.4. The van der Waals surface area contributed by atoms with E-state index < -0.39 is 30.0 Å². The van der Waals surface area contributed by atoms with Gasteiger partial charge < -0.3 is 14.2 Å². The Bertz CT molecular complexity index is 1300. The van der Waals surface area contributed by atoms with Crippen LogP contribution in [-0.4, -0.2) is 31.0 Å². The molecule has 3 aromatic carbocycles. The molecule has 0 spiro atoms. The summed E-state index contributed by atoms with van der Waals surface area (Å²) >= 11 is 0. The molecule has 1 N–H and O–H groups in total. The van der Waals surface area contributed by atoms with E-state index in [1.807, 2.05) is 0 Å². The average molecular weight is 474 g/mol. The van der Waals surface area contributed by atoms with Gasteiger partial charge in [0.05, 0.1) is 15.0 Å². The first-order valence-corrected chi connectivity index (χ1v) is 9.98. The number of rotatable bonds is 4. The fourth-order valence-corrected chi connectivity index (χ4v) is 3.42. The van der Waals surface area contributed by atoms with Crippen LogP contribution in [0, 0.1) is 6.07 Å². The van der Waals surface area contributed by atoms with Crippen molar-refractivity contribution in [1.82, 2.24) is 0 Å². The van der Waals surface area contributed by atoms with Gasteiger partial charge in [-0.1, -0.05) is 12.1 Å². The third-order valence-electron chi connectivity index (χ3n) is 3.56. The van der Waals surface area contributed by atoms with E-state index in [-0.39, 0.29) is 117 Å². The smallest absolute Gasteiger partial charge is 0.754 e. The predicted molar refractivity (Wildman–Crippen MR) is 91.0 cm³/mol. The number of phenolic OH excluding ortho intramolecular Hbond substituents is 1. The minimum Gasteiger partial charge on any atom is -0.754 e. The number of fused-ring (bicyclic) bond motifs is 1. The van der Waals surface area contributed by atoms with Crippen LogP contribution >= 0.6 is 0 Å². The predicted octanol–water partition coefficient (Wildman–Crippen LogP) is -6.42. The van der Waals surface area contributed by atoms with Gasteiger partial charge in [0.25, 0.3) is 0 Å². The summed E-state index contributed by atoms with van der Waals surface area (Å²) in [5.41, 5.74) is -0.344. The maximum absolute atomic E-state index is 11.3. The van der Waals surface area contributed by atoms with Gasteiger partial charge in [0.15, 0.2) is 0 Å². The maximum Gasteiger partial charge on any atom is 1.00 e. The molecule has 0 atom stereocenters. The van der Waals surface area contributed by atoms with Gasteiger partial charge in [-0.25, -0.2) is 8.42 Å². The zero-order chi connectivity index (χ0) is 19.8. The molecule has 0 aromatic heterocycles. The minimum absolute atomic E-state index is 0. The summed E-state index contributed by atoms with van der Waals surface area (Å²) in [6.45, 7) is 0. The summed E-state index contributed by atoms with van der Waals surface area (Å²) in [7, 11) is -9.48. The summed E-state index contributed by atoms with van der Waals surface area (Å²) in [5, 5.41) is 18.1. The second kappa shape index (κ2) is 11.8. The molecule has 30 heavy (non-hydrogen) atoms.